The summed E-state index contributed by atoms with van der Waals surface area (Å²) < 4.78 is 13.1. The van der Waals surface area contributed by atoms with E-state index in [0.29, 0.717) is 28.6 Å². The lowest BCUT2D eigenvalue weighted by Gasteiger charge is -2.22. The fraction of sp³-hybridized carbons (Fsp3) is 0.278. The third kappa shape index (κ3) is 4.19. The topological polar surface area (TPSA) is 50.3 Å². The van der Waals surface area contributed by atoms with Gasteiger partial charge in [-0.05, 0) is 49.2 Å². The van der Waals surface area contributed by atoms with Crippen molar-refractivity contribution in [1.29, 1.82) is 0 Å². The predicted octanol–water partition coefficient (Wildman–Crippen LogP) is 4.19. The molecule has 1 fully saturated rings. The van der Waals surface area contributed by atoms with Crippen molar-refractivity contribution in [3.05, 3.63) is 59.0 Å². The summed E-state index contributed by atoms with van der Waals surface area (Å²) >= 11 is 7.42. The number of halogens is 2. The molecule has 0 spiro atoms. The van der Waals surface area contributed by atoms with E-state index in [1.807, 2.05) is 0 Å². The van der Waals surface area contributed by atoms with Gasteiger partial charge in [0.2, 0.25) is 5.91 Å². The zero-order chi connectivity index (χ0) is 17.8. The number of likely N-dealkylation sites (tertiary alicyclic amines) is 1. The highest BCUT2D eigenvalue weighted by atomic mass is 35.5. The molecular weight excluding hydrogens is 363 g/mol. The summed E-state index contributed by atoms with van der Waals surface area (Å²) in [6.07, 6.45) is 3.85. The molecule has 0 bridgehead atoms. The largest absolute Gasteiger partial charge is 0.278 e. The average molecular weight is 379 g/mol. The van der Waals surface area contributed by atoms with Crippen LogP contribution in [-0.2, 0) is 4.79 Å². The van der Waals surface area contributed by atoms with Gasteiger partial charge in [0.1, 0.15) is 10.8 Å². The van der Waals surface area contributed by atoms with Crippen LogP contribution in [0.5, 0.6) is 0 Å². The minimum atomic E-state index is -0.419. The second-order valence-electron chi connectivity index (χ2n) is 5.69. The number of rotatable bonds is 3. The number of nitrogens with zero attached hydrogens (tertiary/aromatic N) is 2. The van der Waals surface area contributed by atoms with Gasteiger partial charge in [-0.15, -0.1) is 0 Å². The predicted molar refractivity (Wildman–Crippen MR) is 95.2 cm³/mol. The van der Waals surface area contributed by atoms with Crippen LogP contribution in [0.3, 0.4) is 0 Å². The Balaban J connectivity index is 1.80. The number of imide groups is 1. The van der Waals surface area contributed by atoms with Crippen molar-refractivity contribution in [1.82, 2.24) is 9.88 Å². The van der Waals surface area contributed by atoms with Crippen LogP contribution in [0.25, 0.3) is 0 Å². The van der Waals surface area contributed by atoms with Crippen molar-refractivity contribution < 1.29 is 14.0 Å². The van der Waals surface area contributed by atoms with Crippen molar-refractivity contribution in [2.45, 2.75) is 29.5 Å². The number of carbonyl (C=O) groups excluding carboxylic acids is 2. The fourth-order valence-corrected chi connectivity index (χ4v) is 4.00. The van der Waals surface area contributed by atoms with Crippen molar-refractivity contribution >= 4 is 35.2 Å². The van der Waals surface area contributed by atoms with Gasteiger partial charge in [0.15, 0.2) is 0 Å². The zero-order valence-electron chi connectivity index (χ0n) is 13.3. The molecule has 130 valence electrons. The molecule has 1 aromatic carbocycles. The number of carbonyl (C=O) groups is 2. The summed E-state index contributed by atoms with van der Waals surface area (Å²) in [5.74, 6) is -1.07. The minimum Gasteiger partial charge on any atom is -0.278 e. The fourth-order valence-electron chi connectivity index (χ4n) is 2.66. The van der Waals surface area contributed by atoms with E-state index < -0.39 is 17.0 Å². The van der Waals surface area contributed by atoms with Gasteiger partial charge in [0.05, 0.1) is 10.3 Å². The van der Waals surface area contributed by atoms with Crippen LogP contribution < -0.4 is 0 Å². The molecule has 0 saturated carbocycles. The van der Waals surface area contributed by atoms with E-state index in [2.05, 4.69) is 4.98 Å². The normalized spacial score (nSPS) is 18.1. The Hall–Kier alpha value is -1.92. The third-order valence-electron chi connectivity index (χ3n) is 3.95. The Kier molecular flexibility index (Phi) is 5.71. The van der Waals surface area contributed by atoms with Gasteiger partial charge in [-0.3, -0.25) is 14.5 Å². The van der Waals surface area contributed by atoms with Gasteiger partial charge < -0.3 is 0 Å². The van der Waals surface area contributed by atoms with E-state index in [1.165, 1.54) is 40.9 Å². The number of thioether (sulfide) groups is 1. The molecule has 1 aromatic heterocycles. The molecule has 3 rings (SSSR count). The monoisotopic (exact) mass is 378 g/mol. The molecule has 0 N–H and O–H groups in total. The summed E-state index contributed by atoms with van der Waals surface area (Å²) in [5.41, 5.74) is 0.302. The van der Waals surface area contributed by atoms with Crippen LogP contribution in [-0.4, -0.2) is 33.5 Å². The van der Waals surface area contributed by atoms with Gasteiger partial charge in [-0.1, -0.05) is 29.8 Å². The van der Waals surface area contributed by atoms with Gasteiger partial charge in [-0.25, -0.2) is 9.37 Å². The Bertz CT molecular complexity index is 785. The molecule has 2 aromatic rings. The molecule has 1 aliphatic heterocycles. The molecule has 1 saturated heterocycles. The van der Waals surface area contributed by atoms with E-state index >= 15 is 0 Å². The molecule has 25 heavy (non-hydrogen) atoms. The van der Waals surface area contributed by atoms with Crippen molar-refractivity contribution in [3.63, 3.8) is 0 Å². The number of pyridine rings is 1. The molecule has 0 radical (unpaired) electrons. The lowest BCUT2D eigenvalue weighted by atomic mass is 10.2. The number of aromatic nitrogens is 1. The van der Waals surface area contributed by atoms with E-state index in [4.69, 9.17) is 11.6 Å². The Morgan fingerprint density at radius 1 is 1.24 bits per heavy atom. The van der Waals surface area contributed by atoms with Crippen molar-refractivity contribution in [3.8, 4) is 0 Å². The van der Waals surface area contributed by atoms with E-state index in [9.17, 15) is 14.0 Å². The zero-order valence-corrected chi connectivity index (χ0v) is 14.9. The quantitative estimate of drug-likeness (QED) is 0.751. The van der Waals surface area contributed by atoms with E-state index in [-0.39, 0.29) is 5.91 Å². The Morgan fingerprint density at radius 2 is 2.00 bits per heavy atom. The van der Waals surface area contributed by atoms with E-state index in [1.54, 1.807) is 18.3 Å². The minimum absolute atomic E-state index is 0.251. The summed E-state index contributed by atoms with van der Waals surface area (Å²) in [7, 11) is 0. The maximum absolute atomic E-state index is 13.1. The first-order chi connectivity index (χ1) is 12.1. The molecular formula is C18H16ClFN2O2S. The maximum atomic E-state index is 13.1. The third-order valence-corrected chi connectivity index (χ3v) is 5.64. The molecule has 1 unspecified atom stereocenters. The molecule has 2 amide bonds. The van der Waals surface area contributed by atoms with Crippen LogP contribution >= 0.6 is 23.4 Å². The highest BCUT2D eigenvalue weighted by molar-refractivity contribution is 8.00. The number of amides is 2. The molecule has 0 aliphatic carbocycles. The van der Waals surface area contributed by atoms with Crippen LogP contribution in [0.15, 0.2) is 47.6 Å². The van der Waals surface area contributed by atoms with Crippen LogP contribution in [0, 0.1) is 5.82 Å². The van der Waals surface area contributed by atoms with Gasteiger partial charge in [-0.2, -0.15) is 0 Å². The first kappa shape index (κ1) is 17.9. The SMILES string of the molecule is O=C(c1ccc(F)cc1)N1CCCCC(Sc2ncccc2Cl)C1=O. The summed E-state index contributed by atoms with van der Waals surface area (Å²) in [5, 5.41) is 0.652. The maximum Gasteiger partial charge on any atom is 0.260 e. The number of hydrogen-bond donors (Lipinski definition) is 0. The number of hydrogen-bond acceptors (Lipinski definition) is 4. The second-order valence-corrected chi connectivity index (χ2v) is 7.29. The van der Waals surface area contributed by atoms with Crippen molar-refractivity contribution in [2.24, 2.45) is 0 Å². The molecule has 1 atom stereocenters. The van der Waals surface area contributed by atoms with Crippen molar-refractivity contribution in [2.75, 3.05) is 6.54 Å². The molecule has 4 nitrogen and oxygen atoms in total. The molecule has 1 aliphatic rings. The van der Waals surface area contributed by atoms with Gasteiger partial charge >= 0.3 is 0 Å². The summed E-state index contributed by atoms with van der Waals surface area (Å²) in [6.45, 7) is 0.363. The first-order valence-electron chi connectivity index (χ1n) is 7.94. The summed E-state index contributed by atoms with van der Waals surface area (Å²) in [6, 6.07) is 8.68. The van der Waals surface area contributed by atoms with Gasteiger partial charge in [0.25, 0.3) is 5.91 Å². The lowest BCUT2D eigenvalue weighted by Crippen LogP contribution is -2.41. The summed E-state index contributed by atoms with van der Waals surface area (Å²) in [4.78, 5) is 31.0. The standard InChI is InChI=1S/C18H16ClFN2O2S/c19-14-4-3-10-21-16(14)25-15-5-1-2-11-22(18(15)24)17(23)12-6-8-13(20)9-7-12/h3-4,6-10,15H,1-2,5,11H2. The molecule has 2 heterocycles. The van der Waals surface area contributed by atoms with Gasteiger partial charge in [0, 0.05) is 18.3 Å². The smallest absolute Gasteiger partial charge is 0.260 e. The molecule has 7 heteroatoms. The lowest BCUT2D eigenvalue weighted by molar-refractivity contribution is -0.127. The second kappa shape index (κ2) is 7.97. The Morgan fingerprint density at radius 3 is 2.72 bits per heavy atom. The highest BCUT2D eigenvalue weighted by Gasteiger charge is 2.32. The highest BCUT2D eigenvalue weighted by Crippen LogP contribution is 2.33. The first-order valence-corrected chi connectivity index (χ1v) is 9.20. The van der Waals surface area contributed by atoms with Crippen LogP contribution in [0.1, 0.15) is 29.6 Å². The average Bonchev–Trinajstić information content (AvgIpc) is 2.79. The van der Waals surface area contributed by atoms with E-state index in [0.717, 1.165) is 12.8 Å². The van der Waals surface area contributed by atoms with Crippen LogP contribution in [0.4, 0.5) is 4.39 Å². The Labute approximate surface area is 154 Å². The number of benzene rings is 1. The van der Waals surface area contributed by atoms with Crippen LogP contribution in [0.2, 0.25) is 5.02 Å².